The summed E-state index contributed by atoms with van der Waals surface area (Å²) < 4.78 is 42.5. The van der Waals surface area contributed by atoms with Gasteiger partial charge in [0, 0.05) is 49.8 Å². The van der Waals surface area contributed by atoms with Crippen molar-refractivity contribution in [1.29, 1.82) is 0 Å². The lowest BCUT2D eigenvalue weighted by molar-refractivity contribution is -0.137. The van der Waals surface area contributed by atoms with Gasteiger partial charge in [0.25, 0.3) is 0 Å². The molecule has 0 N–H and O–H groups in total. The highest BCUT2D eigenvalue weighted by Crippen LogP contribution is 2.45. The summed E-state index contributed by atoms with van der Waals surface area (Å²) in [6.45, 7) is 7.52. The van der Waals surface area contributed by atoms with Crippen LogP contribution in [0.25, 0.3) is 22.3 Å². The van der Waals surface area contributed by atoms with Gasteiger partial charge in [0.2, 0.25) is 16.9 Å². The molecule has 3 rings (SSSR count). The minimum Gasteiger partial charge on any atom is -0.452 e. The summed E-state index contributed by atoms with van der Waals surface area (Å²) in [6, 6.07) is 4.48. The minimum absolute atomic E-state index is 0.0280. The van der Waals surface area contributed by atoms with E-state index < -0.39 is 81.3 Å². The van der Waals surface area contributed by atoms with Gasteiger partial charge < -0.3 is 37.6 Å². The standard InChI is InChI=1S/C32H32O15/c1-7-22(33)41-17-14-18-27(19(15-17)45-32(39)40-6)28(38)31(47-26(37)11-5)29(44-18)16-12-20(42-23(34)8-2)30(46-25(36)10-4)21(13-16)43-24(35)9-3/h12-15H,7-11H2,1-6H3. The van der Waals surface area contributed by atoms with Crippen molar-refractivity contribution in [3.05, 3.63) is 34.5 Å². The summed E-state index contributed by atoms with van der Waals surface area (Å²) in [5.74, 6) is -6.86. The van der Waals surface area contributed by atoms with Crippen LogP contribution in [0.5, 0.6) is 34.5 Å². The number of carbonyl (C=O) groups excluding carboxylic acids is 6. The van der Waals surface area contributed by atoms with Crippen LogP contribution in [-0.4, -0.2) is 43.1 Å². The lowest BCUT2D eigenvalue weighted by Crippen LogP contribution is -2.17. The molecule has 0 aliphatic rings. The molecule has 1 heterocycles. The summed E-state index contributed by atoms with van der Waals surface area (Å²) in [7, 11) is 1.02. The molecule has 0 saturated carbocycles. The Morgan fingerprint density at radius 2 is 1.04 bits per heavy atom. The fourth-order valence-electron chi connectivity index (χ4n) is 3.72. The van der Waals surface area contributed by atoms with Gasteiger partial charge in [-0.05, 0) is 12.1 Å². The fraction of sp³-hybridized carbons (Fsp3) is 0.344. The van der Waals surface area contributed by atoms with E-state index in [2.05, 4.69) is 4.74 Å². The average molecular weight is 657 g/mol. The highest BCUT2D eigenvalue weighted by molar-refractivity contribution is 5.92. The first-order chi connectivity index (χ1) is 22.4. The maximum Gasteiger partial charge on any atom is 0.513 e. The summed E-state index contributed by atoms with van der Waals surface area (Å²) >= 11 is 0. The Balaban J connectivity index is 2.50. The topological polar surface area (TPSA) is 197 Å². The first-order valence-corrected chi connectivity index (χ1v) is 14.5. The number of carbonyl (C=O) groups is 6. The second-order valence-corrected chi connectivity index (χ2v) is 9.38. The molecule has 15 nitrogen and oxygen atoms in total. The number of hydrogen-bond acceptors (Lipinski definition) is 15. The van der Waals surface area contributed by atoms with Crippen LogP contribution >= 0.6 is 0 Å². The number of hydrogen-bond donors (Lipinski definition) is 0. The first kappa shape index (κ1) is 35.7. The predicted octanol–water partition coefficient (Wildman–Crippen LogP) is 5.18. The number of rotatable bonds is 12. The Kier molecular flexibility index (Phi) is 12.2. The van der Waals surface area contributed by atoms with Crippen molar-refractivity contribution in [2.24, 2.45) is 0 Å². The molecule has 0 atom stereocenters. The molecule has 0 fully saturated rings. The molecular weight excluding hydrogens is 624 g/mol. The molecule has 3 aromatic rings. The zero-order valence-electron chi connectivity index (χ0n) is 26.5. The molecule has 0 saturated heterocycles. The summed E-state index contributed by atoms with van der Waals surface area (Å²) in [4.78, 5) is 87.8. The van der Waals surface area contributed by atoms with E-state index in [1.54, 1.807) is 0 Å². The number of esters is 5. The zero-order chi connectivity index (χ0) is 34.8. The SMILES string of the molecule is CCC(=O)Oc1cc(OC(=O)OC)c2c(=O)c(OC(=O)CC)c(-c3cc(OC(=O)CC)c(OC(=O)CC)c(OC(=O)CC)c3)oc2c1. The molecule has 0 bridgehead atoms. The van der Waals surface area contributed by atoms with E-state index in [4.69, 9.17) is 32.8 Å². The molecule has 1 aromatic heterocycles. The normalized spacial score (nSPS) is 10.5. The van der Waals surface area contributed by atoms with Crippen LogP contribution in [0.4, 0.5) is 4.79 Å². The van der Waals surface area contributed by atoms with Gasteiger partial charge in [-0.1, -0.05) is 34.6 Å². The highest BCUT2D eigenvalue weighted by Gasteiger charge is 2.28. The van der Waals surface area contributed by atoms with Gasteiger partial charge in [0.15, 0.2) is 23.0 Å². The van der Waals surface area contributed by atoms with Gasteiger partial charge in [-0.3, -0.25) is 28.8 Å². The van der Waals surface area contributed by atoms with E-state index >= 15 is 0 Å². The Labute approximate surface area is 267 Å². The van der Waals surface area contributed by atoms with E-state index in [0.29, 0.717) is 0 Å². The van der Waals surface area contributed by atoms with Gasteiger partial charge in [0.05, 0.1) is 7.11 Å². The Morgan fingerprint density at radius 1 is 0.574 bits per heavy atom. The number of methoxy groups -OCH3 is 1. The second kappa shape index (κ2) is 16.0. The van der Waals surface area contributed by atoms with Crippen LogP contribution in [0, 0.1) is 0 Å². The molecule has 250 valence electrons. The molecule has 2 aromatic carbocycles. The van der Waals surface area contributed by atoms with Crippen molar-refractivity contribution in [2.45, 2.75) is 66.7 Å². The maximum atomic E-state index is 14.0. The van der Waals surface area contributed by atoms with Crippen LogP contribution in [0.15, 0.2) is 33.5 Å². The lowest BCUT2D eigenvalue weighted by Gasteiger charge is -2.17. The monoisotopic (exact) mass is 656 g/mol. The van der Waals surface area contributed by atoms with Crippen LogP contribution in [-0.2, 0) is 28.7 Å². The lowest BCUT2D eigenvalue weighted by atomic mass is 10.1. The van der Waals surface area contributed by atoms with E-state index in [0.717, 1.165) is 31.4 Å². The van der Waals surface area contributed by atoms with Gasteiger partial charge in [0.1, 0.15) is 16.7 Å². The van der Waals surface area contributed by atoms with Crippen LogP contribution in [0.2, 0.25) is 0 Å². The van der Waals surface area contributed by atoms with Gasteiger partial charge in [-0.15, -0.1) is 0 Å². The molecule has 0 amide bonds. The van der Waals surface area contributed by atoms with Crippen molar-refractivity contribution >= 4 is 47.0 Å². The van der Waals surface area contributed by atoms with E-state index in [9.17, 15) is 33.6 Å². The maximum absolute atomic E-state index is 14.0. The summed E-state index contributed by atoms with van der Waals surface area (Å²) in [6.07, 6.45) is -1.76. The van der Waals surface area contributed by atoms with Gasteiger partial charge in [-0.25, -0.2) is 4.79 Å². The van der Waals surface area contributed by atoms with Gasteiger partial charge in [-0.2, -0.15) is 0 Å². The predicted molar refractivity (Wildman–Crippen MR) is 161 cm³/mol. The summed E-state index contributed by atoms with van der Waals surface area (Å²) in [5, 5.41) is -0.405. The fourth-order valence-corrected chi connectivity index (χ4v) is 3.72. The smallest absolute Gasteiger partial charge is 0.452 e. The first-order valence-electron chi connectivity index (χ1n) is 14.5. The summed E-state index contributed by atoms with van der Waals surface area (Å²) in [5.41, 5.74) is -1.48. The van der Waals surface area contributed by atoms with Gasteiger partial charge >= 0.3 is 36.0 Å². The number of ether oxygens (including phenoxy) is 7. The van der Waals surface area contributed by atoms with Crippen molar-refractivity contribution in [2.75, 3.05) is 7.11 Å². The van der Waals surface area contributed by atoms with E-state index in [1.165, 1.54) is 34.6 Å². The van der Waals surface area contributed by atoms with Crippen molar-refractivity contribution < 1.29 is 66.3 Å². The number of benzene rings is 2. The third-order valence-corrected chi connectivity index (χ3v) is 6.09. The quantitative estimate of drug-likeness (QED) is 0.140. The van der Waals surface area contributed by atoms with E-state index in [1.807, 2.05) is 0 Å². The average Bonchev–Trinajstić information content (AvgIpc) is 3.06. The molecule has 0 radical (unpaired) electrons. The Morgan fingerprint density at radius 3 is 1.53 bits per heavy atom. The van der Waals surface area contributed by atoms with Crippen LogP contribution in [0.1, 0.15) is 66.7 Å². The molecule has 0 aliphatic heterocycles. The number of fused-ring (bicyclic) bond motifs is 1. The van der Waals surface area contributed by atoms with Crippen molar-refractivity contribution in [1.82, 2.24) is 0 Å². The second-order valence-electron chi connectivity index (χ2n) is 9.38. The van der Waals surface area contributed by atoms with Crippen LogP contribution < -0.4 is 33.8 Å². The minimum atomic E-state index is -1.23. The third kappa shape index (κ3) is 8.71. The van der Waals surface area contributed by atoms with Crippen molar-refractivity contribution in [3.63, 3.8) is 0 Å². The Hall–Kier alpha value is -5.73. The molecule has 15 heteroatoms. The van der Waals surface area contributed by atoms with Crippen LogP contribution in [0.3, 0.4) is 0 Å². The Bertz CT molecular complexity index is 1740. The largest absolute Gasteiger partial charge is 0.513 e. The van der Waals surface area contributed by atoms with E-state index in [-0.39, 0.29) is 49.0 Å². The molecule has 0 unspecified atom stereocenters. The van der Waals surface area contributed by atoms with Crippen molar-refractivity contribution in [3.8, 4) is 45.8 Å². The molecule has 0 spiro atoms. The molecule has 47 heavy (non-hydrogen) atoms. The molecule has 0 aliphatic carbocycles. The third-order valence-electron chi connectivity index (χ3n) is 6.09. The zero-order valence-corrected chi connectivity index (χ0v) is 26.5. The highest BCUT2D eigenvalue weighted by atomic mass is 16.7. The molecular formula is C32H32O15.